The van der Waals surface area contributed by atoms with Crippen molar-refractivity contribution in [3.8, 4) is 11.5 Å². The van der Waals surface area contributed by atoms with Crippen molar-refractivity contribution in [3.05, 3.63) is 61.0 Å². The first-order valence-corrected chi connectivity index (χ1v) is 9.18. The van der Waals surface area contributed by atoms with Crippen molar-refractivity contribution in [3.63, 3.8) is 0 Å². The molecule has 0 N–H and O–H groups in total. The summed E-state index contributed by atoms with van der Waals surface area (Å²) in [4.78, 5) is 17.2. The largest absolute Gasteiger partial charge is 0.493 e. The quantitative estimate of drug-likeness (QED) is 0.526. The molecule has 0 aliphatic carbocycles. The Morgan fingerprint density at radius 1 is 1.12 bits per heavy atom. The molecule has 8 heteroatoms. The van der Waals surface area contributed by atoms with Gasteiger partial charge in [-0.05, 0) is 53.2 Å². The van der Waals surface area contributed by atoms with E-state index in [-0.39, 0.29) is 5.56 Å². The second-order valence-corrected chi connectivity index (χ2v) is 7.18. The van der Waals surface area contributed by atoms with Gasteiger partial charge in [0, 0.05) is 14.5 Å². The predicted molar refractivity (Wildman–Crippen MR) is 109 cm³/mol. The molecular formula is C18H15Br2N3O3. The van der Waals surface area contributed by atoms with E-state index < -0.39 is 0 Å². The zero-order valence-corrected chi connectivity index (χ0v) is 17.5. The van der Waals surface area contributed by atoms with Crippen molar-refractivity contribution in [2.24, 2.45) is 5.10 Å². The van der Waals surface area contributed by atoms with Crippen LogP contribution >= 0.6 is 31.9 Å². The van der Waals surface area contributed by atoms with Gasteiger partial charge in [0.2, 0.25) is 0 Å². The van der Waals surface area contributed by atoms with Crippen LogP contribution in [0.1, 0.15) is 11.4 Å². The fourth-order valence-corrected chi connectivity index (χ4v) is 3.27. The number of nitrogens with zero attached hydrogens (tertiary/aromatic N) is 3. The molecule has 0 aliphatic heterocycles. The number of rotatable bonds is 4. The minimum atomic E-state index is -0.235. The van der Waals surface area contributed by atoms with Crippen molar-refractivity contribution in [2.75, 3.05) is 14.2 Å². The standard InChI is InChI=1S/C18H15Br2N3O3/c1-10-22-15-5-4-12(19)7-13(15)18(24)23(10)21-9-11-6-16(25-2)17(26-3)8-14(11)20/h4-9H,1-3H3. The Labute approximate surface area is 166 Å². The Bertz CT molecular complexity index is 1080. The summed E-state index contributed by atoms with van der Waals surface area (Å²) in [5.74, 6) is 1.67. The van der Waals surface area contributed by atoms with E-state index in [0.717, 1.165) is 14.5 Å². The van der Waals surface area contributed by atoms with Gasteiger partial charge in [0.1, 0.15) is 5.82 Å². The highest BCUT2D eigenvalue weighted by atomic mass is 79.9. The van der Waals surface area contributed by atoms with Crippen LogP contribution in [0.4, 0.5) is 0 Å². The highest BCUT2D eigenvalue weighted by Crippen LogP contribution is 2.32. The molecular weight excluding hydrogens is 466 g/mol. The van der Waals surface area contributed by atoms with Gasteiger partial charge < -0.3 is 9.47 Å². The highest BCUT2D eigenvalue weighted by Gasteiger charge is 2.10. The van der Waals surface area contributed by atoms with Crippen molar-refractivity contribution in [1.29, 1.82) is 0 Å². The minimum absolute atomic E-state index is 0.235. The van der Waals surface area contributed by atoms with E-state index in [0.29, 0.717) is 28.2 Å². The van der Waals surface area contributed by atoms with Crippen molar-refractivity contribution < 1.29 is 9.47 Å². The lowest BCUT2D eigenvalue weighted by Gasteiger charge is -2.10. The summed E-state index contributed by atoms with van der Waals surface area (Å²) >= 11 is 6.85. The monoisotopic (exact) mass is 479 g/mol. The van der Waals surface area contributed by atoms with Crippen LogP contribution in [0.5, 0.6) is 11.5 Å². The maximum Gasteiger partial charge on any atom is 0.282 e. The number of aryl methyl sites for hydroxylation is 1. The van der Waals surface area contributed by atoms with E-state index in [1.165, 1.54) is 4.68 Å². The van der Waals surface area contributed by atoms with E-state index in [1.807, 2.05) is 6.07 Å². The Morgan fingerprint density at radius 3 is 2.50 bits per heavy atom. The van der Waals surface area contributed by atoms with Crippen molar-refractivity contribution in [2.45, 2.75) is 6.92 Å². The normalized spacial score (nSPS) is 11.3. The van der Waals surface area contributed by atoms with E-state index in [1.54, 1.807) is 51.6 Å². The summed E-state index contributed by atoms with van der Waals surface area (Å²) in [5, 5.41) is 4.82. The van der Waals surface area contributed by atoms with Crippen LogP contribution in [-0.4, -0.2) is 30.1 Å². The summed E-state index contributed by atoms with van der Waals surface area (Å²) in [5.41, 5.74) is 1.14. The fourth-order valence-electron chi connectivity index (χ4n) is 2.48. The second-order valence-electron chi connectivity index (χ2n) is 5.41. The Balaban J connectivity index is 2.10. The van der Waals surface area contributed by atoms with Gasteiger partial charge in [-0.3, -0.25) is 4.79 Å². The average Bonchev–Trinajstić information content (AvgIpc) is 2.63. The van der Waals surface area contributed by atoms with Gasteiger partial charge in [-0.2, -0.15) is 9.78 Å². The molecule has 0 atom stereocenters. The molecule has 3 aromatic rings. The summed E-state index contributed by atoms with van der Waals surface area (Å²) < 4.78 is 13.4. The number of methoxy groups -OCH3 is 2. The highest BCUT2D eigenvalue weighted by molar-refractivity contribution is 9.10. The molecule has 26 heavy (non-hydrogen) atoms. The topological polar surface area (TPSA) is 65.7 Å². The van der Waals surface area contributed by atoms with Gasteiger partial charge in [-0.15, -0.1) is 0 Å². The van der Waals surface area contributed by atoms with Gasteiger partial charge in [-0.1, -0.05) is 15.9 Å². The van der Waals surface area contributed by atoms with E-state index in [9.17, 15) is 4.79 Å². The number of ether oxygens (including phenoxy) is 2. The molecule has 0 radical (unpaired) electrons. The van der Waals surface area contributed by atoms with E-state index >= 15 is 0 Å². The Morgan fingerprint density at radius 2 is 1.81 bits per heavy atom. The van der Waals surface area contributed by atoms with Crippen LogP contribution in [0.25, 0.3) is 10.9 Å². The van der Waals surface area contributed by atoms with Crippen LogP contribution < -0.4 is 15.0 Å². The molecule has 0 bridgehead atoms. The molecule has 0 unspecified atom stereocenters. The van der Waals surface area contributed by atoms with Gasteiger partial charge in [0.15, 0.2) is 11.5 Å². The van der Waals surface area contributed by atoms with E-state index in [2.05, 4.69) is 41.9 Å². The lowest BCUT2D eigenvalue weighted by atomic mass is 10.2. The van der Waals surface area contributed by atoms with Crippen LogP contribution in [0.15, 0.2) is 49.2 Å². The molecule has 0 saturated carbocycles. The molecule has 3 rings (SSSR count). The molecule has 2 aromatic carbocycles. The molecule has 0 amide bonds. The zero-order chi connectivity index (χ0) is 18.8. The molecule has 0 spiro atoms. The Hall–Kier alpha value is -2.19. The molecule has 1 heterocycles. The van der Waals surface area contributed by atoms with Crippen LogP contribution in [-0.2, 0) is 0 Å². The van der Waals surface area contributed by atoms with Crippen LogP contribution in [0, 0.1) is 6.92 Å². The molecule has 6 nitrogen and oxygen atoms in total. The minimum Gasteiger partial charge on any atom is -0.493 e. The first-order chi connectivity index (χ1) is 12.4. The molecule has 0 fully saturated rings. The average molecular weight is 481 g/mol. The third kappa shape index (κ3) is 3.52. The van der Waals surface area contributed by atoms with Gasteiger partial charge in [-0.25, -0.2) is 4.98 Å². The lowest BCUT2D eigenvalue weighted by Crippen LogP contribution is -2.20. The first kappa shape index (κ1) is 18.6. The third-order valence-corrected chi connectivity index (χ3v) is 4.97. The van der Waals surface area contributed by atoms with Crippen molar-refractivity contribution >= 4 is 49.0 Å². The summed E-state index contributed by atoms with van der Waals surface area (Å²) in [6, 6.07) is 8.95. The maximum atomic E-state index is 12.8. The maximum absolute atomic E-state index is 12.8. The van der Waals surface area contributed by atoms with Gasteiger partial charge in [0.25, 0.3) is 5.56 Å². The van der Waals surface area contributed by atoms with Crippen molar-refractivity contribution in [1.82, 2.24) is 9.66 Å². The first-order valence-electron chi connectivity index (χ1n) is 7.59. The zero-order valence-electron chi connectivity index (χ0n) is 14.3. The molecule has 1 aromatic heterocycles. The lowest BCUT2D eigenvalue weighted by molar-refractivity contribution is 0.354. The number of aromatic nitrogens is 2. The summed E-state index contributed by atoms with van der Waals surface area (Å²) in [6.07, 6.45) is 1.58. The Kier molecular flexibility index (Phi) is 5.43. The second kappa shape index (κ2) is 7.59. The SMILES string of the molecule is COc1cc(Br)c(C=Nn2c(C)nc3ccc(Br)cc3c2=O)cc1OC. The smallest absolute Gasteiger partial charge is 0.282 e. The van der Waals surface area contributed by atoms with Gasteiger partial charge >= 0.3 is 0 Å². The number of fused-ring (bicyclic) bond motifs is 1. The number of benzene rings is 2. The van der Waals surface area contributed by atoms with Gasteiger partial charge in [0.05, 0.1) is 31.3 Å². The third-order valence-electron chi connectivity index (χ3n) is 3.79. The summed E-state index contributed by atoms with van der Waals surface area (Å²) in [7, 11) is 3.13. The predicted octanol–water partition coefficient (Wildman–Crippen LogP) is 4.13. The molecule has 134 valence electrons. The molecule has 0 saturated heterocycles. The number of hydrogen-bond acceptors (Lipinski definition) is 5. The van der Waals surface area contributed by atoms with Crippen LogP contribution in [0.3, 0.4) is 0 Å². The van der Waals surface area contributed by atoms with E-state index in [4.69, 9.17) is 9.47 Å². The van der Waals surface area contributed by atoms with Crippen LogP contribution in [0.2, 0.25) is 0 Å². The molecule has 0 aliphatic rings. The fraction of sp³-hybridized carbons (Fsp3) is 0.167. The summed E-state index contributed by atoms with van der Waals surface area (Å²) in [6.45, 7) is 1.74. The number of halogens is 2. The number of hydrogen-bond donors (Lipinski definition) is 0.